The molecule has 16 nitrogen and oxygen atoms in total. The number of carbonyl (C=O) groups excluding carboxylic acids is 3. The third kappa shape index (κ3) is 13.8. The predicted molar refractivity (Wildman–Crippen MR) is 300 cm³/mol. The first-order valence-electron chi connectivity index (χ1n) is 27.2. The van der Waals surface area contributed by atoms with Crippen LogP contribution >= 0.6 is 11.3 Å². The van der Waals surface area contributed by atoms with Gasteiger partial charge in [-0.3, -0.25) is 19.2 Å². The van der Waals surface area contributed by atoms with Gasteiger partial charge < -0.3 is 49.3 Å². The number of nitrogens with zero attached hydrogens (tertiary/aromatic N) is 4. The molecule has 3 aromatic carbocycles. The van der Waals surface area contributed by atoms with Crippen LogP contribution in [0.4, 0.5) is 5.69 Å². The highest BCUT2D eigenvalue weighted by molar-refractivity contribution is 7.13. The summed E-state index contributed by atoms with van der Waals surface area (Å²) in [7, 11) is 0. The van der Waals surface area contributed by atoms with Gasteiger partial charge in [-0.25, -0.2) is 4.98 Å². The molecule has 2 aliphatic rings. The molecule has 3 aromatic heterocycles. The number of thiazole rings is 1. The number of aliphatic hydroxyl groups is 1. The van der Waals surface area contributed by atoms with Gasteiger partial charge in [0, 0.05) is 73.9 Å². The van der Waals surface area contributed by atoms with E-state index in [9.17, 15) is 24.3 Å². The highest BCUT2D eigenvalue weighted by atomic mass is 32.1. The van der Waals surface area contributed by atoms with Gasteiger partial charge in [-0.2, -0.15) is 0 Å². The number of amides is 3. The number of aromatic nitrogens is 3. The van der Waals surface area contributed by atoms with E-state index < -0.39 is 18.1 Å². The van der Waals surface area contributed by atoms with Crippen molar-refractivity contribution >= 4 is 34.7 Å². The zero-order valence-corrected chi connectivity index (χ0v) is 46.6. The maximum absolute atomic E-state index is 14.2. The normalized spacial score (nSPS) is 16.6. The second kappa shape index (κ2) is 26.0. The number of anilines is 1. The fraction of sp³-hybridized carbons (Fsp3) is 0.467. The number of aromatic amines is 1. The number of H-pyrrole nitrogens is 1. The van der Waals surface area contributed by atoms with Gasteiger partial charge in [0.05, 0.1) is 41.4 Å². The Hall–Kier alpha value is -6.82. The van der Waals surface area contributed by atoms with E-state index in [1.54, 1.807) is 17.4 Å². The van der Waals surface area contributed by atoms with Gasteiger partial charge in [0.1, 0.15) is 17.7 Å². The van der Waals surface area contributed by atoms with E-state index in [2.05, 4.69) is 43.6 Å². The zero-order valence-electron chi connectivity index (χ0n) is 45.8. The van der Waals surface area contributed by atoms with Crippen LogP contribution in [-0.4, -0.2) is 101 Å². The summed E-state index contributed by atoms with van der Waals surface area (Å²) in [6, 6.07) is 22.8. The Kier molecular flexibility index (Phi) is 19.1. The predicted octanol–water partition coefficient (Wildman–Crippen LogP) is 9.92. The Balaban J connectivity index is 0.803. The van der Waals surface area contributed by atoms with Gasteiger partial charge in [0.25, 0.3) is 17.3 Å². The molecule has 0 radical (unpaired) electrons. The van der Waals surface area contributed by atoms with Crippen LogP contribution < -0.4 is 30.6 Å². The number of β-amino-alcohol motifs (C(OH)–C–C–N with tert-alkyl or cyclic N) is 1. The van der Waals surface area contributed by atoms with E-state index >= 15 is 0 Å². The molecular formula is C60H75N7O9S. The van der Waals surface area contributed by atoms with Crippen LogP contribution in [0.25, 0.3) is 21.6 Å². The lowest BCUT2D eigenvalue weighted by Gasteiger charge is -2.37. The number of nitrogens with one attached hydrogen (secondary N) is 3. The number of aryl methyl sites for hydroxylation is 3. The summed E-state index contributed by atoms with van der Waals surface area (Å²) in [6.07, 6.45) is 4.60. The number of rotatable bonds is 23. The zero-order chi connectivity index (χ0) is 54.8. The van der Waals surface area contributed by atoms with Crippen LogP contribution in [0.1, 0.15) is 134 Å². The summed E-state index contributed by atoms with van der Waals surface area (Å²) in [5, 5.41) is 20.9. The Morgan fingerprint density at radius 2 is 1.60 bits per heavy atom. The summed E-state index contributed by atoms with van der Waals surface area (Å²) in [5.74, 6) is -0.377. The second-order valence-electron chi connectivity index (χ2n) is 20.9. The number of ether oxygens (including phenoxy) is 3. The number of likely N-dealkylation sites (tertiary alicyclic amines) is 1. The average Bonchev–Trinajstić information content (AvgIpc) is 4.17. The summed E-state index contributed by atoms with van der Waals surface area (Å²) < 4.78 is 23.5. The van der Waals surface area contributed by atoms with Crippen molar-refractivity contribution in [3.8, 4) is 33.2 Å². The molecule has 410 valence electrons. The number of hydrogen-bond donors (Lipinski definition) is 4. The lowest BCUT2D eigenvalue weighted by atomic mass is 9.91. The summed E-state index contributed by atoms with van der Waals surface area (Å²) in [5.41, 5.74) is 11.1. The van der Waals surface area contributed by atoms with Crippen molar-refractivity contribution in [3.63, 3.8) is 0 Å². The molecule has 2 aliphatic heterocycles. The minimum atomic E-state index is -0.837. The number of aliphatic hydroxyl groups excluding tert-OH is 1. The van der Waals surface area contributed by atoms with E-state index in [1.807, 2.05) is 115 Å². The fourth-order valence-electron chi connectivity index (χ4n) is 10.7. The minimum Gasteiger partial charge on any atom is -0.494 e. The molecule has 0 saturated carbocycles. The number of pyridine rings is 1. The van der Waals surface area contributed by atoms with Gasteiger partial charge in [0.15, 0.2) is 5.76 Å². The molecule has 0 spiro atoms. The maximum Gasteiger partial charge on any atom is 0.254 e. The Morgan fingerprint density at radius 3 is 2.26 bits per heavy atom. The lowest BCUT2D eigenvalue weighted by molar-refractivity contribution is -0.141. The van der Waals surface area contributed by atoms with E-state index in [1.165, 1.54) is 4.90 Å². The molecule has 8 rings (SSSR count). The third-order valence-corrected chi connectivity index (χ3v) is 15.9. The standard InChI is InChI=1S/C60H75N7O9S/c1-9-66(46-22-26-73-27-23-46)51-30-45(29-49(39(51)6)57(69)61-33-50-37(4)28-38(5)63-58(50)70)43-18-20-48(21-19-43)74-24-12-10-11-13-25-75-54-32-53(76-65-54)55(36(2)3)60(72)67-34-47(68)31-52(67)59(71)64-40(7)42-14-16-44(17-15-42)56-41(8)62-35-77-56/h14-21,28-30,32,35-36,40,46-47,52,55,68H,9-13,22-27,31,33-34H2,1-8H3,(H,61,69)(H,63,70)(H,64,71)/t40-,47+,52-,55?/m0/s1. The molecule has 0 bridgehead atoms. The van der Waals surface area contributed by atoms with Gasteiger partial charge in [0.2, 0.25) is 11.8 Å². The molecule has 3 amide bonds. The topological polar surface area (TPSA) is 201 Å². The van der Waals surface area contributed by atoms with Crippen LogP contribution in [0.15, 0.2) is 87.6 Å². The Morgan fingerprint density at radius 1 is 0.896 bits per heavy atom. The van der Waals surface area contributed by atoms with Crippen molar-refractivity contribution in [1.82, 2.24) is 30.7 Å². The molecule has 6 aromatic rings. The van der Waals surface area contributed by atoms with Crippen molar-refractivity contribution in [1.29, 1.82) is 0 Å². The van der Waals surface area contributed by atoms with Gasteiger partial charge in [-0.15, -0.1) is 11.3 Å². The van der Waals surface area contributed by atoms with Crippen molar-refractivity contribution in [2.45, 2.75) is 137 Å². The van der Waals surface area contributed by atoms with Gasteiger partial charge in [-0.1, -0.05) is 50.2 Å². The lowest BCUT2D eigenvalue weighted by Crippen LogP contribution is -2.48. The van der Waals surface area contributed by atoms with Crippen LogP contribution in [0.3, 0.4) is 0 Å². The minimum absolute atomic E-state index is 0.0442. The van der Waals surface area contributed by atoms with Crippen molar-refractivity contribution in [2.75, 3.05) is 44.4 Å². The van der Waals surface area contributed by atoms with Crippen LogP contribution in [0.2, 0.25) is 0 Å². The summed E-state index contributed by atoms with van der Waals surface area (Å²) >= 11 is 1.59. The van der Waals surface area contributed by atoms with Crippen LogP contribution in [0.5, 0.6) is 11.6 Å². The number of unbranched alkanes of at least 4 members (excludes halogenated alkanes) is 3. The number of benzene rings is 3. The molecule has 2 fully saturated rings. The highest BCUT2D eigenvalue weighted by Crippen LogP contribution is 2.36. The molecule has 2 saturated heterocycles. The molecular weight excluding hydrogens is 995 g/mol. The van der Waals surface area contributed by atoms with Crippen molar-refractivity contribution in [2.24, 2.45) is 5.92 Å². The summed E-state index contributed by atoms with van der Waals surface area (Å²) in [4.78, 5) is 66.9. The molecule has 17 heteroatoms. The second-order valence-corrected chi connectivity index (χ2v) is 21.7. The van der Waals surface area contributed by atoms with Gasteiger partial charge >= 0.3 is 0 Å². The largest absolute Gasteiger partial charge is 0.494 e. The molecule has 0 aliphatic carbocycles. The van der Waals surface area contributed by atoms with Crippen molar-refractivity contribution < 1.29 is 38.2 Å². The summed E-state index contributed by atoms with van der Waals surface area (Å²) in [6.45, 7) is 18.9. The van der Waals surface area contributed by atoms with E-state index in [0.717, 1.165) is 106 Å². The fourth-order valence-corrected chi connectivity index (χ4v) is 11.5. The first kappa shape index (κ1) is 56.4. The SMILES string of the molecule is CCN(c1cc(-c2ccc(OCCCCCCOc3cc(C(C(=O)N4C[C@H](O)C[C@H]4C(=O)N[C@@H](C)c4ccc(-c5scnc5C)cc4)C(C)C)on3)cc2)cc(C(=O)NCc2c(C)cc(C)[nH]c2=O)c1C)C1CCOCC1. The molecule has 5 heterocycles. The molecule has 1 unspecified atom stereocenters. The number of carbonyl (C=O) groups is 3. The quantitative estimate of drug-likeness (QED) is 0.0443. The van der Waals surface area contributed by atoms with E-state index in [-0.39, 0.29) is 54.8 Å². The number of hydrogen-bond acceptors (Lipinski definition) is 13. The van der Waals surface area contributed by atoms with Crippen molar-refractivity contribution in [3.05, 3.63) is 134 Å². The maximum atomic E-state index is 14.2. The van der Waals surface area contributed by atoms with Crippen LogP contribution in [-0.2, 0) is 20.9 Å². The smallest absolute Gasteiger partial charge is 0.254 e. The Bertz CT molecular complexity index is 3020. The van der Waals surface area contributed by atoms with E-state index in [0.29, 0.717) is 55.2 Å². The molecule has 77 heavy (non-hydrogen) atoms. The third-order valence-electron chi connectivity index (χ3n) is 15.0. The first-order valence-corrected chi connectivity index (χ1v) is 28.1. The van der Waals surface area contributed by atoms with E-state index in [4.69, 9.17) is 18.7 Å². The first-order chi connectivity index (χ1) is 37.1. The molecule has 4 N–H and O–H groups in total. The Labute approximate surface area is 455 Å². The highest BCUT2D eigenvalue weighted by Gasteiger charge is 2.43. The monoisotopic (exact) mass is 1070 g/mol. The van der Waals surface area contributed by atoms with Crippen LogP contribution in [0, 0.1) is 33.6 Å². The average molecular weight is 1070 g/mol. The molecule has 4 atom stereocenters. The van der Waals surface area contributed by atoms with Gasteiger partial charge in [-0.05, 0) is 155 Å².